The van der Waals surface area contributed by atoms with Crippen molar-refractivity contribution in [3.8, 4) is 0 Å². The molecule has 0 aromatic carbocycles. The number of likely N-dealkylation sites (tertiary alicyclic amines) is 1. The summed E-state index contributed by atoms with van der Waals surface area (Å²) >= 11 is 0. The third-order valence-electron chi connectivity index (χ3n) is 4.07. The van der Waals surface area contributed by atoms with Crippen LogP contribution in [0.15, 0.2) is 0 Å². The summed E-state index contributed by atoms with van der Waals surface area (Å²) in [5, 5.41) is 6.31. The van der Waals surface area contributed by atoms with Crippen LogP contribution in [0.3, 0.4) is 0 Å². The number of nitrogens with one attached hydrogen (secondary N) is 2. The van der Waals surface area contributed by atoms with E-state index < -0.39 is 0 Å². The van der Waals surface area contributed by atoms with E-state index in [2.05, 4.69) is 22.6 Å². The highest BCUT2D eigenvalue weighted by atomic mass is 16.2. The third-order valence-corrected chi connectivity index (χ3v) is 4.07. The summed E-state index contributed by atoms with van der Waals surface area (Å²) in [5.41, 5.74) is 0. The monoisotopic (exact) mass is 254 g/mol. The predicted molar refractivity (Wildman–Crippen MR) is 72.7 cm³/mol. The molecule has 2 aliphatic rings. The van der Waals surface area contributed by atoms with E-state index >= 15 is 0 Å². The average Bonchev–Trinajstić information content (AvgIpc) is 2.42. The minimum atomic E-state index is 0.115. The summed E-state index contributed by atoms with van der Waals surface area (Å²) < 4.78 is 0. The van der Waals surface area contributed by atoms with Gasteiger partial charge in [0.25, 0.3) is 0 Å². The predicted octanol–water partition coefficient (Wildman–Crippen LogP) is 0.333. The van der Waals surface area contributed by atoms with Crippen molar-refractivity contribution >= 4 is 6.03 Å². The molecule has 2 rings (SSSR count). The Labute approximate surface area is 110 Å². The van der Waals surface area contributed by atoms with Crippen LogP contribution in [0.4, 0.5) is 4.79 Å². The lowest BCUT2D eigenvalue weighted by molar-refractivity contribution is 0.185. The van der Waals surface area contributed by atoms with Crippen LogP contribution >= 0.6 is 0 Å². The van der Waals surface area contributed by atoms with Crippen molar-refractivity contribution < 1.29 is 4.79 Å². The molecule has 104 valence electrons. The Morgan fingerprint density at radius 1 is 1.22 bits per heavy atom. The summed E-state index contributed by atoms with van der Waals surface area (Å²) in [5.74, 6) is 0.796. The lowest BCUT2D eigenvalue weighted by Crippen LogP contribution is -2.50. The Bertz CT molecular complexity index is 258. The molecule has 0 aliphatic carbocycles. The van der Waals surface area contributed by atoms with Gasteiger partial charge in [0.05, 0.1) is 0 Å². The number of piperidine rings is 1. The molecule has 2 amide bonds. The topological polar surface area (TPSA) is 47.6 Å². The highest BCUT2D eigenvalue weighted by Crippen LogP contribution is 2.18. The minimum Gasteiger partial charge on any atom is -0.338 e. The molecule has 18 heavy (non-hydrogen) atoms. The molecular formula is C13H26N4O. The fourth-order valence-corrected chi connectivity index (χ4v) is 2.71. The average molecular weight is 254 g/mol. The lowest BCUT2D eigenvalue weighted by Gasteiger charge is -2.30. The van der Waals surface area contributed by atoms with Crippen LogP contribution in [-0.2, 0) is 0 Å². The molecule has 0 bridgehead atoms. The molecule has 0 aromatic heterocycles. The molecule has 0 spiro atoms. The third kappa shape index (κ3) is 4.14. The second-order valence-corrected chi connectivity index (χ2v) is 5.50. The van der Waals surface area contributed by atoms with E-state index in [4.69, 9.17) is 0 Å². The van der Waals surface area contributed by atoms with Gasteiger partial charge < -0.3 is 20.4 Å². The first kappa shape index (κ1) is 13.6. The zero-order valence-electron chi connectivity index (χ0n) is 11.5. The summed E-state index contributed by atoms with van der Waals surface area (Å²) in [4.78, 5) is 16.2. The van der Waals surface area contributed by atoms with Crippen molar-refractivity contribution in [1.29, 1.82) is 0 Å². The van der Waals surface area contributed by atoms with E-state index in [0.717, 1.165) is 45.1 Å². The standard InChI is InChI=1S/C13H26N4O/c1-16-8-3-12(4-9-16)2-5-15-13(18)17-10-6-14-7-11-17/h12,14H,2-11H2,1H3,(H,15,18). The van der Waals surface area contributed by atoms with Gasteiger partial charge in [0.2, 0.25) is 0 Å². The van der Waals surface area contributed by atoms with Gasteiger partial charge in [-0.05, 0) is 45.3 Å². The van der Waals surface area contributed by atoms with Gasteiger partial charge in [-0.3, -0.25) is 0 Å². The van der Waals surface area contributed by atoms with Gasteiger partial charge in [0.15, 0.2) is 0 Å². The van der Waals surface area contributed by atoms with Gasteiger partial charge in [-0.1, -0.05) is 0 Å². The number of nitrogens with zero attached hydrogens (tertiary/aromatic N) is 2. The molecule has 0 radical (unpaired) electrons. The number of urea groups is 1. The molecule has 2 heterocycles. The molecule has 5 nitrogen and oxygen atoms in total. The van der Waals surface area contributed by atoms with E-state index in [1.54, 1.807) is 0 Å². The zero-order chi connectivity index (χ0) is 12.8. The summed E-state index contributed by atoms with van der Waals surface area (Å²) in [6.45, 7) is 6.74. The van der Waals surface area contributed by atoms with Crippen molar-refractivity contribution in [3.63, 3.8) is 0 Å². The fourth-order valence-electron chi connectivity index (χ4n) is 2.71. The summed E-state index contributed by atoms with van der Waals surface area (Å²) in [6.07, 6.45) is 3.69. The van der Waals surface area contributed by atoms with Crippen molar-refractivity contribution in [1.82, 2.24) is 20.4 Å². The number of hydrogen-bond acceptors (Lipinski definition) is 3. The normalized spacial score (nSPS) is 23.1. The first-order valence-corrected chi connectivity index (χ1v) is 7.18. The fraction of sp³-hybridized carbons (Fsp3) is 0.923. The molecular weight excluding hydrogens is 228 g/mol. The second kappa shape index (κ2) is 6.95. The van der Waals surface area contributed by atoms with Crippen LogP contribution < -0.4 is 10.6 Å². The molecule has 0 aromatic rings. The van der Waals surface area contributed by atoms with E-state index in [1.807, 2.05) is 4.90 Å². The number of piperazine rings is 1. The molecule has 0 saturated carbocycles. The maximum Gasteiger partial charge on any atom is 0.317 e. The Kier molecular flexibility index (Phi) is 5.26. The van der Waals surface area contributed by atoms with E-state index in [9.17, 15) is 4.79 Å². The highest BCUT2D eigenvalue weighted by molar-refractivity contribution is 5.74. The molecule has 2 fully saturated rings. The second-order valence-electron chi connectivity index (χ2n) is 5.50. The molecule has 2 saturated heterocycles. The summed E-state index contributed by atoms with van der Waals surface area (Å²) in [6, 6.07) is 0.115. The van der Waals surface area contributed by atoms with Crippen molar-refractivity contribution in [2.45, 2.75) is 19.3 Å². The minimum absolute atomic E-state index is 0.115. The molecule has 0 atom stereocenters. The molecule has 2 aliphatic heterocycles. The first-order chi connectivity index (χ1) is 8.75. The van der Waals surface area contributed by atoms with Crippen molar-refractivity contribution in [3.05, 3.63) is 0 Å². The number of hydrogen-bond donors (Lipinski definition) is 2. The van der Waals surface area contributed by atoms with Gasteiger partial charge >= 0.3 is 6.03 Å². The molecule has 5 heteroatoms. The number of carbonyl (C=O) groups excluding carboxylic acids is 1. The largest absolute Gasteiger partial charge is 0.338 e. The number of carbonyl (C=O) groups is 1. The molecule has 0 unspecified atom stereocenters. The summed E-state index contributed by atoms with van der Waals surface area (Å²) in [7, 11) is 2.18. The first-order valence-electron chi connectivity index (χ1n) is 7.18. The van der Waals surface area contributed by atoms with Crippen molar-refractivity contribution in [2.75, 3.05) is 52.9 Å². The maximum absolute atomic E-state index is 11.9. The van der Waals surface area contributed by atoms with Crippen LogP contribution in [0.5, 0.6) is 0 Å². The van der Waals surface area contributed by atoms with Crippen LogP contribution in [0.25, 0.3) is 0 Å². The van der Waals surface area contributed by atoms with Crippen LogP contribution in [0.1, 0.15) is 19.3 Å². The highest BCUT2D eigenvalue weighted by Gasteiger charge is 2.18. The van der Waals surface area contributed by atoms with Gasteiger partial charge in [0.1, 0.15) is 0 Å². The van der Waals surface area contributed by atoms with Crippen LogP contribution in [-0.4, -0.2) is 68.7 Å². The van der Waals surface area contributed by atoms with Crippen LogP contribution in [0.2, 0.25) is 0 Å². The number of amides is 2. The van der Waals surface area contributed by atoms with Gasteiger partial charge in [-0.15, -0.1) is 0 Å². The Morgan fingerprint density at radius 3 is 2.56 bits per heavy atom. The SMILES string of the molecule is CN1CCC(CCNC(=O)N2CCNCC2)CC1. The quantitative estimate of drug-likeness (QED) is 0.763. The smallest absolute Gasteiger partial charge is 0.317 e. The Hall–Kier alpha value is -0.810. The van der Waals surface area contributed by atoms with Crippen molar-refractivity contribution in [2.24, 2.45) is 5.92 Å². The van der Waals surface area contributed by atoms with E-state index in [1.165, 1.54) is 25.9 Å². The zero-order valence-corrected chi connectivity index (χ0v) is 11.5. The van der Waals surface area contributed by atoms with E-state index in [-0.39, 0.29) is 6.03 Å². The number of rotatable bonds is 3. The van der Waals surface area contributed by atoms with Crippen LogP contribution in [0, 0.1) is 5.92 Å². The lowest BCUT2D eigenvalue weighted by atomic mass is 9.94. The van der Waals surface area contributed by atoms with Gasteiger partial charge in [-0.25, -0.2) is 4.79 Å². The Balaban J connectivity index is 1.58. The van der Waals surface area contributed by atoms with Gasteiger partial charge in [-0.2, -0.15) is 0 Å². The Morgan fingerprint density at radius 2 is 1.89 bits per heavy atom. The van der Waals surface area contributed by atoms with Gasteiger partial charge in [0, 0.05) is 32.7 Å². The molecule has 2 N–H and O–H groups in total. The van der Waals surface area contributed by atoms with E-state index in [0.29, 0.717) is 0 Å². The maximum atomic E-state index is 11.9.